The van der Waals surface area contributed by atoms with Crippen molar-refractivity contribution in [2.75, 3.05) is 18.4 Å². The van der Waals surface area contributed by atoms with Crippen molar-refractivity contribution in [3.63, 3.8) is 0 Å². The van der Waals surface area contributed by atoms with E-state index in [0.29, 0.717) is 11.3 Å². The van der Waals surface area contributed by atoms with E-state index in [1.54, 1.807) is 19.1 Å². The van der Waals surface area contributed by atoms with E-state index >= 15 is 0 Å². The molecule has 7 nitrogen and oxygen atoms in total. The van der Waals surface area contributed by atoms with Crippen molar-refractivity contribution in [2.24, 2.45) is 0 Å². The van der Waals surface area contributed by atoms with Gasteiger partial charge in [0.1, 0.15) is 11.6 Å². The number of pyridine rings is 1. The van der Waals surface area contributed by atoms with Crippen molar-refractivity contribution in [3.05, 3.63) is 47.7 Å². The SMILES string of the molecule is CC(=O)NCC1CCC(F)(F)CN1C(=O)c1cc(Nc2cc(OC(F)(F)F)ccn2)ccc1C. The zero-order valence-electron chi connectivity index (χ0n) is 18.4. The van der Waals surface area contributed by atoms with Gasteiger partial charge >= 0.3 is 6.36 Å². The molecular weight excluding hydrogens is 463 g/mol. The normalized spacial score (nSPS) is 17.7. The fourth-order valence-electron chi connectivity index (χ4n) is 3.61. The van der Waals surface area contributed by atoms with Gasteiger partial charge in [-0.1, -0.05) is 6.07 Å². The number of nitrogens with one attached hydrogen (secondary N) is 2. The van der Waals surface area contributed by atoms with E-state index in [0.717, 1.165) is 23.2 Å². The third-order valence-corrected chi connectivity index (χ3v) is 5.24. The molecule has 0 radical (unpaired) electrons. The predicted octanol–water partition coefficient (Wildman–Crippen LogP) is 4.41. The van der Waals surface area contributed by atoms with E-state index in [2.05, 4.69) is 20.4 Å². The molecule has 1 aromatic heterocycles. The monoisotopic (exact) mass is 486 g/mol. The first-order valence-electron chi connectivity index (χ1n) is 10.4. The largest absolute Gasteiger partial charge is 0.573 e. The minimum Gasteiger partial charge on any atom is -0.406 e. The number of likely N-dealkylation sites (tertiary alicyclic amines) is 1. The van der Waals surface area contributed by atoms with Gasteiger partial charge in [0.15, 0.2) is 0 Å². The van der Waals surface area contributed by atoms with Gasteiger partial charge in [0.2, 0.25) is 5.91 Å². The highest BCUT2D eigenvalue weighted by Gasteiger charge is 2.42. The molecule has 1 atom stereocenters. The maximum absolute atomic E-state index is 14.1. The summed E-state index contributed by atoms with van der Waals surface area (Å²) < 4.78 is 69.5. The first-order valence-corrected chi connectivity index (χ1v) is 10.4. The number of anilines is 2. The Balaban J connectivity index is 1.83. The molecule has 2 N–H and O–H groups in total. The molecule has 1 aliphatic heterocycles. The standard InChI is InChI=1S/C22H23F5N4O3/c1-13-3-4-15(30-19-10-17(6-8-28-19)34-22(25,26)27)9-18(13)20(33)31-12-21(23,24)7-5-16(31)11-29-14(2)32/h3-4,6,8-10,16H,5,7,11-12H2,1-2H3,(H,28,30)(H,29,32). The van der Waals surface area contributed by atoms with Crippen molar-refractivity contribution < 1.29 is 36.3 Å². The number of hydrogen-bond donors (Lipinski definition) is 2. The third kappa shape index (κ3) is 6.78. The number of carbonyl (C=O) groups excluding carboxylic acids is 2. The quantitative estimate of drug-likeness (QED) is 0.592. The summed E-state index contributed by atoms with van der Waals surface area (Å²) in [4.78, 5) is 29.5. The highest BCUT2D eigenvalue weighted by molar-refractivity contribution is 5.97. The number of ether oxygens (including phenoxy) is 1. The number of aromatic nitrogens is 1. The number of hydrogen-bond acceptors (Lipinski definition) is 5. The fourth-order valence-corrected chi connectivity index (χ4v) is 3.61. The number of rotatable bonds is 6. The maximum atomic E-state index is 14.1. The summed E-state index contributed by atoms with van der Waals surface area (Å²) in [7, 11) is 0. The van der Waals surface area contributed by atoms with Gasteiger partial charge in [-0.2, -0.15) is 0 Å². The average Bonchev–Trinajstić information content (AvgIpc) is 2.72. The summed E-state index contributed by atoms with van der Waals surface area (Å²) in [6.45, 7) is 2.19. The van der Waals surface area contributed by atoms with E-state index < -0.39 is 42.9 Å². The second kappa shape index (κ2) is 9.82. The predicted molar refractivity (Wildman–Crippen MR) is 113 cm³/mol. The first kappa shape index (κ1) is 25.2. The maximum Gasteiger partial charge on any atom is 0.573 e. The molecule has 2 aromatic rings. The Labute approximate surface area is 192 Å². The zero-order valence-corrected chi connectivity index (χ0v) is 18.4. The molecule has 0 aliphatic carbocycles. The van der Waals surface area contributed by atoms with Crippen molar-refractivity contribution in [3.8, 4) is 5.75 Å². The Morgan fingerprint density at radius 3 is 2.65 bits per heavy atom. The molecule has 34 heavy (non-hydrogen) atoms. The van der Waals surface area contributed by atoms with Gasteiger partial charge in [-0.25, -0.2) is 13.8 Å². The minimum absolute atomic E-state index is 0.0198. The van der Waals surface area contributed by atoms with Gasteiger partial charge in [0.05, 0.1) is 6.54 Å². The number of aryl methyl sites for hydroxylation is 1. The van der Waals surface area contributed by atoms with Crippen LogP contribution in [0, 0.1) is 6.92 Å². The number of piperidine rings is 1. The Morgan fingerprint density at radius 1 is 1.24 bits per heavy atom. The first-order chi connectivity index (χ1) is 15.8. The molecule has 1 aromatic carbocycles. The van der Waals surface area contributed by atoms with E-state index in [-0.39, 0.29) is 30.3 Å². The van der Waals surface area contributed by atoms with Gasteiger partial charge in [-0.3, -0.25) is 9.59 Å². The lowest BCUT2D eigenvalue weighted by Gasteiger charge is -2.39. The van der Waals surface area contributed by atoms with Crippen LogP contribution < -0.4 is 15.4 Å². The minimum atomic E-state index is -4.87. The van der Waals surface area contributed by atoms with Gasteiger partial charge in [-0.05, 0) is 37.1 Å². The van der Waals surface area contributed by atoms with E-state index in [4.69, 9.17) is 0 Å². The molecule has 0 bridgehead atoms. The van der Waals surface area contributed by atoms with Crippen LogP contribution in [0.4, 0.5) is 33.5 Å². The van der Waals surface area contributed by atoms with Crippen LogP contribution in [-0.4, -0.2) is 53.1 Å². The molecule has 2 heterocycles. The van der Waals surface area contributed by atoms with E-state index in [1.807, 2.05) is 0 Å². The summed E-state index contributed by atoms with van der Waals surface area (Å²) in [5.74, 6) is -4.49. The molecule has 2 amide bonds. The summed E-state index contributed by atoms with van der Waals surface area (Å²) in [5, 5.41) is 5.36. The van der Waals surface area contributed by atoms with Crippen LogP contribution in [-0.2, 0) is 4.79 Å². The van der Waals surface area contributed by atoms with Crippen LogP contribution in [0.2, 0.25) is 0 Å². The Morgan fingerprint density at radius 2 is 1.97 bits per heavy atom. The number of alkyl halides is 5. The molecule has 1 fully saturated rings. The highest BCUT2D eigenvalue weighted by Crippen LogP contribution is 2.32. The van der Waals surface area contributed by atoms with Crippen LogP contribution in [0.15, 0.2) is 36.5 Å². The van der Waals surface area contributed by atoms with Crippen molar-refractivity contribution in [1.29, 1.82) is 0 Å². The molecule has 184 valence electrons. The zero-order chi connectivity index (χ0) is 25.1. The lowest BCUT2D eigenvalue weighted by Crippen LogP contribution is -2.55. The lowest BCUT2D eigenvalue weighted by atomic mass is 9.96. The molecule has 3 rings (SSSR count). The molecule has 1 unspecified atom stereocenters. The summed E-state index contributed by atoms with van der Waals surface area (Å²) in [6.07, 6.45) is -4.13. The van der Waals surface area contributed by atoms with Gasteiger partial charge in [-0.15, -0.1) is 13.2 Å². The van der Waals surface area contributed by atoms with Gasteiger partial charge in [0.25, 0.3) is 11.8 Å². The van der Waals surface area contributed by atoms with E-state index in [1.165, 1.54) is 13.0 Å². The van der Waals surface area contributed by atoms with Crippen LogP contribution >= 0.6 is 0 Å². The average molecular weight is 486 g/mol. The summed E-state index contributed by atoms with van der Waals surface area (Å²) in [5.41, 5.74) is 0.968. The summed E-state index contributed by atoms with van der Waals surface area (Å²) >= 11 is 0. The molecule has 0 saturated carbocycles. The number of benzene rings is 1. The van der Waals surface area contributed by atoms with Gasteiger partial charge < -0.3 is 20.3 Å². The Hall–Kier alpha value is -3.44. The van der Waals surface area contributed by atoms with Crippen molar-refractivity contribution in [1.82, 2.24) is 15.2 Å². The van der Waals surface area contributed by atoms with Crippen molar-refractivity contribution >= 4 is 23.3 Å². The van der Waals surface area contributed by atoms with Crippen LogP contribution in [0.5, 0.6) is 5.75 Å². The van der Waals surface area contributed by atoms with Crippen LogP contribution in [0.25, 0.3) is 0 Å². The molecule has 1 saturated heterocycles. The third-order valence-electron chi connectivity index (χ3n) is 5.24. The van der Waals surface area contributed by atoms with Gasteiger partial charge in [0, 0.05) is 49.4 Å². The Bertz CT molecular complexity index is 1060. The number of halogens is 5. The van der Waals surface area contributed by atoms with E-state index in [9.17, 15) is 31.5 Å². The van der Waals surface area contributed by atoms with Crippen LogP contribution in [0.3, 0.4) is 0 Å². The summed E-state index contributed by atoms with van der Waals surface area (Å²) in [6, 6.07) is 6.03. The van der Waals surface area contributed by atoms with Crippen molar-refractivity contribution in [2.45, 2.75) is 45.0 Å². The molecular formula is C22H23F5N4O3. The second-order valence-electron chi connectivity index (χ2n) is 8.00. The second-order valence-corrected chi connectivity index (χ2v) is 8.00. The fraction of sp³-hybridized carbons (Fsp3) is 0.409. The topological polar surface area (TPSA) is 83.6 Å². The lowest BCUT2D eigenvalue weighted by molar-refractivity contribution is -0.274. The number of nitrogens with zero attached hydrogens (tertiary/aromatic N) is 2. The Kier molecular flexibility index (Phi) is 7.27. The smallest absolute Gasteiger partial charge is 0.406 e. The van der Waals surface area contributed by atoms with Crippen LogP contribution in [0.1, 0.15) is 35.7 Å². The molecule has 12 heteroatoms. The molecule has 0 spiro atoms. The molecule has 1 aliphatic rings. The number of amides is 2. The highest BCUT2D eigenvalue weighted by atomic mass is 19.4. The number of carbonyl (C=O) groups is 2.